The summed E-state index contributed by atoms with van der Waals surface area (Å²) in [5, 5.41) is 0. The van der Waals surface area contributed by atoms with Crippen LogP contribution in [0.5, 0.6) is 0 Å². The van der Waals surface area contributed by atoms with Crippen LogP contribution in [0.3, 0.4) is 0 Å². The molecule has 0 aliphatic carbocycles. The third-order valence-corrected chi connectivity index (χ3v) is 4.19. The van der Waals surface area contributed by atoms with Crippen molar-refractivity contribution in [3.8, 4) is 0 Å². The summed E-state index contributed by atoms with van der Waals surface area (Å²) >= 11 is 0. The number of nitrogens with zero attached hydrogens (tertiary/aromatic N) is 1. The lowest BCUT2D eigenvalue weighted by molar-refractivity contribution is 0.184. The number of methoxy groups -OCH3 is 1. The zero-order valence-electron chi connectivity index (χ0n) is 12.1. The normalized spacial score (nSPS) is 25.2. The Hall–Kier alpha value is -0.900. The van der Waals surface area contributed by atoms with Crippen molar-refractivity contribution in [2.45, 2.75) is 31.9 Å². The summed E-state index contributed by atoms with van der Waals surface area (Å²) in [5.41, 5.74) is 8.61. The van der Waals surface area contributed by atoms with E-state index in [1.54, 1.807) is 7.11 Å². The molecule has 2 N–H and O–H groups in total. The largest absolute Gasteiger partial charge is 0.380 e. The summed E-state index contributed by atoms with van der Waals surface area (Å²) < 4.78 is 5.17. The maximum atomic E-state index is 5.99. The van der Waals surface area contributed by atoms with E-state index in [1.807, 2.05) is 0 Å². The van der Waals surface area contributed by atoms with E-state index in [2.05, 4.69) is 36.2 Å². The average Bonchev–Trinajstić information content (AvgIpc) is 2.61. The maximum Gasteiger partial charge on any atom is 0.0713 e. The van der Waals surface area contributed by atoms with Crippen LogP contribution in [-0.4, -0.2) is 32.1 Å². The Bertz CT molecular complexity index is 377. The SMILES string of the molecule is COCc1ccc(C2C(CN)CCCCN2C)cc1. The minimum Gasteiger partial charge on any atom is -0.380 e. The minimum absolute atomic E-state index is 0.462. The van der Waals surface area contributed by atoms with Gasteiger partial charge in [0.1, 0.15) is 0 Å². The number of nitrogens with two attached hydrogens (primary N) is 1. The fourth-order valence-corrected chi connectivity index (χ4v) is 3.18. The zero-order chi connectivity index (χ0) is 13.7. The number of hydrogen-bond donors (Lipinski definition) is 1. The molecule has 0 saturated carbocycles. The second kappa shape index (κ2) is 7.04. The Morgan fingerprint density at radius 2 is 2.00 bits per heavy atom. The number of rotatable bonds is 4. The molecule has 2 unspecified atom stereocenters. The molecule has 1 aliphatic heterocycles. The highest BCUT2D eigenvalue weighted by molar-refractivity contribution is 5.25. The maximum absolute atomic E-state index is 5.99. The lowest BCUT2D eigenvalue weighted by Crippen LogP contribution is -2.32. The van der Waals surface area contributed by atoms with Gasteiger partial charge in [0.05, 0.1) is 6.61 Å². The van der Waals surface area contributed by atoms with Crippen molar-refractivity contribution in [2.75, 3.05) is 27.2 Å². The van der Waals surface area contributed by atoms with Crippen molar-refractivity contribution >= 4 is 0 Å². The van der Waals surface area contributed by atoms with Crippen molar-refractivity contribution in [1.29, 1.82) is 0 Å². The Labute approximate surface area is 116 Å². The third kappa shape index (κ3) is 3.56. The van der Waals surface area contributed by atoms with Crippen LogP contribution in [0.2, 0.25) is 0 Å². The highest BCUT2D eigenvalue weighted by Gasteiger charge is 2.27. The molecule has 0 spiro atoms. The smallest absolute Gasteiger partial charge is 0.0713 e. The summed E-state index contributed by atoms with van der Waals surface area (Å²) in [4.78, 5) is 2.47. The van der Waals surface area contributed by atoms with Crippen LogP contribution < -0.4 is 5.73 Å². The predicted molar refractivity (Wildman–Crippen MR) is 78.9 cm³/mol. The molecular formula is C16H26N2O. The van der Waals surface area contributed by atoms with E-state index in [0.717, 1.165) is 6.54 Å². The zero-order valence-corrected chi connectivity index (χ0v) is 12.1. The Kier molecular flexibility index (Phi) is 5.37. The monoisotopic (exact) mass is 262 g/mol. The van der Waals surface area contributed by atoms with E-state index in [4.69, 9.17) is 10.5 Å². The minimum atomic E-state index is 0.462. The molecule has 0 amide bonds. The molecule has 2 atom stereocenters. The standard InChI is InChI=1S/C16H26N2O/c1-18-10-4-3-5-15(11-17)16(18)14-8-6-13(7-9-14)12-19-2/h6-9,15-16H,3-5,10-12,17H2,1-2H3. The molecule has 0 bridgehead atoms. The molecule has 0 radical (unpaired) electrons. The third-order valence-electron chi connectivity index (χ3n) is 4.19. The number of benzene rings is 1. The van der Waals surface area contributed by atoms with E-state index in [9.17, 15) is 0 Å². The summed E-state index contributed by atoms with van der Waals surface area (Å²) in [6, 6.07) is 9.28. The van der Waals surface area contributed by atoms with Gasteiger partial charge in [-0.3, -0.25) is 4.90 Å². The quantitative estimate of drug-likeness (QED) is 0.906. The second-order valence-corrected chi connectivity index (χ2v) is 5.59. The average molecular weight is 262 g/mol. The van der Waals surface area contributed by atoms with Crippen molar-refractivity contribution in [3.63, 3.8) is 0 Å². The Balaban J connectivity index is 2.19. The van der Waals surface area contributed by atoms with Gasteiger partial charge in [-0.05, 0) is 50.0 Å². The van der Waals surface area contributed by atoms with E-state index >= 15 is 0 Å². The van der Waals surface area contributed by atoms with Crippen molar-refractivity contribution in [2.24, 2.45) is 11.7 Å². The molecule has 1 aromatic carbocycles. The first kappa shape index (κ1) is 14.5. The van der Waals surface area contributed by atoms with Crippen molar-refractivity contribution in [3.05, 3.63) is 35.4 Å². The van der Waals surface area contributed by atoms with Crippen molar-refractivity contribution in [1.82, 2.24) is 4.90 Å². The molecule has 3 nitrogen and oxygen atoms in total. The first-order valence-electron chi connectivity index (χ1n) is 7.24. The summed E-state index contributed by atoms with van der Waals surface area (Å²) in [5.74, 6) is 0.570. The lowest BCUT2D eigenvalue weighted by Gasteiger charge is -2.32. The van der Waals surface area contributed by atoms with Crippen LogP contribution in [0, 0.1) is 5.92 Å². The van der Waals surface area contributed by atoms with E-state index in [0.29, 0.717) is 18.6 Å². The fraction of sp³-hybridized carbons (Fsp3) is 0.625. The van der Waals surface area contributed by atoms with Gasteiger partial charge in [-0.25, -0.2) is 0 Å². The predicted octanol–water partition coefficient (Wildman–Crippen LogP) is 2.56. The van der Waals surface area contributed by atoms with Crippen LogP contribution in [0.15, 0.2) is 24.3 Å². The number of likely N-dealkylation sites (tertiary alicyclic amines) is 1. The van der Waals surface area contributed by atoms with Crippen molar-refractivity contribution < 1.29 is 4.74 Å². The molecular weight excluding hydrogens is 236 g/mol. The molecule has 1 heterocycles. The molecule has 3 heteroatoms. The first-order chi connectivity index (χ1) is 9.26. The van der Waals surface area contributed by atoms with Gasteiger partial charge in [-0.1, -0.05) is 30.7 Å². The van der Waals surface area contributed by atoms with Crippen LogP contribution in [0.4, 0.5) is 0 Å². The second-order valence-electron chi connectivity index (χ2n) is 5.59. The van der Waals surface area contributed by atoms with E-state index in [-0.39, 0.29) is 0 Å². The van der Waals surface area contributed by atoms with E-state index < -0.39 is 0 Å². The van der Waals surface area contributed by atoms with Gasteiger partial charge in [0.25, 0.3) is 0 Å². The number of ether oxygens (including phenoxy) is 1. The number of hydrogen-bond acceptors (Lipinski definition) is 3. The summed E-state index contributed by atoms with van der Waals surface area (Å²) in [6.45, 7) is 2.62. The van der Waals surface area contributed by atoms with E-state index in [1.165, 1.54) is 36.9 Å². The highest BCUT2D eigenvalue weighted by Crippen LogP contribution is 2.33. The van der Waals surface area contributed by atoms with Crippen LogP contribution >= 0.6 is 0 Å². The van der Waals surface area contributed by atoms with Gasteiger partial charge in [-0.2, -0.15) is 0 Å². The fourth-order valence-electron chi connectivity index (χ4n) is 3.18. The molecule has 2 rings (SSSR count). The molecule has 1 aromatic rings. The molecule has 1 saturated heterocycles. The highest BCUT2D eigenvalue weighted by atomic mass is 16.5. The summed E-state index contributed by atoms with van der Waals surface area (Å²) in [6.07, 6.45) is 3.82. The van der Waals surface area contributed by atoms with Crippen LogP contribution in [0.25, 0.3) is 0 Å². The first-order valence-corrected chi connectivity index (χ1v) is 7.24. The van der Waals surface area contributed by atoms with Gasteiger partial charge in [0, 0.05) is 13.2 Å². The molecule has 0 aromatic heterocycles. The van der Waals surface area contributed by atoms with Gasteiger partial charge >= 0.3 is 0 Å². The molecule has 1 aliphatic rings. The Morgan fingerprint density at radius 1 is 1.26 bits per heavy atom. The van der Waals surface area contributed by atoms with Gasteiger partial charge in [0.2, 0.25) is 0 Å². The molecule has 19 heavy (non-hydrogen) atoms. The topological polar surface area (TPSA) is 38.5 Å². The van der Waals surface area contributed by atoms with Crippen LogP contribution in [-0.2, 0) is 11.3 Å². The Morgan fingerprint density at radius 3 is 2.63 bits per heavy atom. The summed E-state index contributed by atoms with van der Waals surface area (Å²) in [7, 11) is 3.96. The van der Waals surface area contributed by atoms with Crippen LogP contribution in [0.1, 0.15) is 36.4 Å². The van der Waals surface area contributed by atoms with Gasteiger partial charge in [0.15, 0.2) is 0 Å². The molecule has 106 valence electrons. The lowest BCUT2D eigenvalue weighted by atomic mass is 9.89. The van der Waals surface area contributed by atoms with Gasteiger partial charge < -0.3 is 10.5 Å². The molecule has 1 fully saturated rings. The van der Waals surface area contributed by atoms with Gasteiger partial charge in [-0.15, -0.1) is 0 Å².